The van der Waals surface area contributed by atoms with Gasteiger partial charge in [0.25, 0.3) is 0 Å². The molecule has 1 aromatic carbocycles. The molecule has 1 aromatic rings. The standard InChI is InChI=1S/C9H10BrClO/c1-2-9(10)12-8-6-4-3-5-7(8)11/h3-6,9H,2H2,1H3. The highest BCUT2D eigenvalue weighted by Crippen LogP contribution is 2.25. The molecule has 0 saturated carbocycles. The van der Waals surface area contributed by atoms with Crippen LogP contribution in [-0.4, -0.2) is 5.01 Å². The van der Waals surface area contributed by atoms with E-state index in [1.165, 1.54) is 0 Å². The molecule has 0 fully saturated rings. The molecular formula is C9H10BrClO. The zero-order valence-electron chi connectivity index (χ0n) is 6.76. The van der Waals surface area contributed by atoms with E-state index in [0.717, 1.165) is 12.2 Å². The van der Waals surface area contributed by atoms with Crippen LogP contribution in [0.3, 0.4) is 0 Å². The van der Waals surface area contributed by atoms with Crippen molar-refractivity contribution in [2.75, 3.05) is 0 Å². The summed E-state index contributed by atoms with van der Waals surface area (Å²) in [6.07, 6.45) is 0.908. The number of benzene rings is 1. The molecule has 1 nitrogen and oxygen atoms in total. The average Bonchev–Trinajstić information content (AvgIpc) is 2.09. The number of para-hydroxylation sites is 1. The van der Waals surface area contributed by atoms with Gasteiger partial charge < -0.3 is 4.74 Å². The van der Waals surface area contributed by atoms with E-state index in [0.29, 0.717) is 5.02 Å². The van der Waals surface area contributed by atoms with Crippen molar-refractivity contribution in [3.05, 3.63) is 29.3 Å². The second-order valence-electron chi connectivity index (χ2n) is 2.37. The van der Waals surface area contributed by atoms with Crippen LogP contribution < -0.4 is 4.74 Å². The summed E-state index contributed by atoms with van der Waals surface area (Å²) in [6, 6.07) is 7.44. The predicted molar refractivity (Wildman–Crippen MR) is 55.1 cm³/mol. The fourth-order valence-corrected chi connectivity index (χ4v) is 1.14. The van der Waals surface area contributed by atoms with Gasteiger partial charge in [-0.15, -0.1) is 0 Å². The molecule has 0 heterocycles. The van der Waals surface area contributed by atoms with Gasteiger partial charge in [-0.3, -0.25) is 0 Å². The SMILES string of the molecule is CCC(Br)Oc1ccccc1Cl. The molecule has 0 N–H and O–H groups in total. The smallest absolute Gasteiger partial charge is 0.153 e. The monoisotopic (exact) mass is 248 g/mol. The van der Waals surface area contributed by atoms with Crippen LogP contribution in [0.25, 0.3) is 0 Å². The first-order chi connectivity index (χ1) is 5.74. The molecule has 0 aliphatic carbocycles. The lowest BCUT2D eigenvalue weighted by Crippen LogP contribution is -2.05. The molecule has 1 rings (SSSR count). The molecule has 0 radical (unpaired) electrons. The summed E-state index contributed by atoms with van der Waals surface area (Å²) in [5.74, 6) is 0.725. The zero-order chi connectivity index (χ0) is 8.97. The second-order valence-corrected chi connectivity index (χ2v) is 3.80. The van der Waals surface area contributed by atoms with Crippen molar-refractivity contribution >= 4 is 27.5 Å². The molecule has 0 amide bonds. The topological polar surface area (TPSA) is 9.23 Å². The van der Waals surface area contributed by atoms with Crippen molar-refractivity contribution in [3.8, 4) is 5.75 Å². The maximum Gasteiger partial charge on any atom is 0.153 e. The molecule has 0 bridgehead atoms. The number of rotatable bonds is 3. The Morgan fingerprint density at radius 2 is 2.17 bits per heavy atom. The third-order valence-electron chi connectivity index (χ3n) is 1.41. The largest absolute Gasteiger partial charge is 0.478 e. The molecule has 0 spiro atoms. The molecule has 66 valence electrons. The van der Waals surface area contributed by atoms with Crippen LogP contribution in [0.4, 0.5) is 0 Å². The summed E-state index contributed by atoms with van der Waals surface area (Å²) in [4.78, 5) is 0. The first kappa shape index (κ1) is 9.87. The Morgan fingerprint density at radius 3 is 2.75 bits per heavy atom. The lowest BCUT2D eigenvalue weighted by Gasteiger charge is -2.11. The van der Waals surface area contributed by atoms with Crippen LogP contribution >= 0.6 is 27.5 Å². The molecule has 12 heavy (non-hydrogen) atoms. The van der Waals surface area contributed by atoms with Crippen molar-refractivity contribution in [2.45, 2.75) is 18.4 Å². The maximum absolute atomic E-state index is 5.88. The molecule has 3 heteroatoms. The van der Waals surface area contributed by atoms with Gasteiger partial charge in [-0.25, -0.2) is 0 Å². The lowest BCUT2D eigenvalue weighted by atomic mass is 10.3. The number of alkyl halides is 1. The van der Waals surface area contributed by atoms with Crippen molar-refractivity contribution in [1.29, 1.82) is 0 Å². The van der Waals surface area contributed by atoms with Crippen LogP contribution in [0.2, 0.25) is 5.02 Å². The van der Waals surface area contributed by atoms with Crippen molar-refractivity contribution < 1.29 is 4.74 Å². The van der Waals surface area contributed by atoms with Gasteiger partial charge in [0.2, 0.25) is 0 Å². The first-order valence-electron chi connectivity index (χ1n) is 3.79. The van der Waals surface area contributed by atoms with Gasteiger partial charge in [0.15, 0.2) is 5.01 Å². The fraction of sp³-hybridized carbons (Fsp3) is 0.333. The van der Waals surface area contributed by atoms with Crippen molar-refractivity contribution in [2.24, 2.45) is 0 Å². The number of hydrogen-bond acceptors (Lipinski definition) is 1. The lowest BCUT2D eigenvalue weighted by molar-refractivity contribution is 0.290. The Bertz CT molecular complexity index is 252. The molecule has 0 aliphatic heterocycles. The molecule has 0 aliphatic rings. The van der Waals surface area contributed by atoms with Crippen LogP contribution in [0.1, 0.15) is 13.3 Å². The van der Waals surface area contributed by atoms with E-state index in [9.17, 15) is 0 Å². The Labute approximate surface area is 85.8 Å². The van der Waals surface area contributed by atoms with Crippen LogP contribution in [-0.2, 0) is 0 Å². The third-order valence-corrected chi connectivity index (χ3v) is 2.56. The van der Waals surface area contributed by atoms with Gasteiger partial charge in [0, 0.05) is 0 Å². The highest BCUT2D eigenvalue weighted by molar-refractivity contribution is 9.09. The van der Waals surface area contributed by atoms with E-state index in [1.807, 2.05) is 31.2 Å². The van der Waals surface area contributed by atoms with Crippen molar-refractivity contribution in [1.82, 2.24) is 0 Å². The average molecular weight is 250 g/mol. The first-order valence-corrected chi connectivity index (χ1v) is 5.08. The van der Waals surface area contributed by atoms with Crippen LogP contribution in [0.15, 0.2) is 24.3 Å². The summed E-state index contributed by atoms with van der Waals surface area (Å²) in [5, 5.41) is 0.688. The zero-order valence-corrected chi connectivity index (χ0v) is 9.10. The molecule has 0 aromatic heterocycles. The second kappa shape index (κ2) is 4.73. The predicted octanol–water partition coefficient (Wildman–Crippen LogP) is 3.85. The van der Waals surface area contributed by atoms with Gasteiger partial charge in [0.1, 0.15) is 5.75 Å². The third kappa shape index (κ3) is 2.68. The highest BCUT2D eigenvalue weighted by atomic mass is 79.9. The number of halogens is 2. The molecule has 1 atom stereocenters. The summed E-state index contributed by atoms with van der Waals surface area (Å²) < 4.78 is 5.48. The Hall–Kier alpha value is -0.210. The van der Waals surface area contributed by atoms with Gasteiger partial charge in [-0.1, -0.05) is 30.7 Å². The summed E-state index contributed by atoms with van der Waals surface area (Å²) in [5.41, 5.74) is 0. The van der Waals surface area contributed by atoms with Crippen LogP contribution in [0, 0.1) is 0 Å². The Balaban J connectivity index is 2.69. The minimum atomic E-state index is 0.0393. The molecule has 1 unspecified atom stereocenters. The van der Waals surface area contributed by atoms with E-state index < -0.39 is 0 Å². The number of ether oxygens (including phenoxy) is 1. The quantitative estimate of drug-likeness (QED) is 0.740. The Morgan fingerprint density at radius 1 is 1.50 bits per heavy atom. The minimum Gasteiger partial charge on any atom is -0.478 e. The van der Waals surface area contributed by atoms with Gasteiger partial charge >= 0.3 is 0 Å². The molecular weight excluding hydrogens is 239 g/mol. The maximum atomic E-state index is 5.88. The fourth-order valence-electron chi connectivity index (χ4n) is 0.761. The van der Waals surface area contributed by atoms with Gasteiger partial charge in [-0.05, 0) is 34.5 Å². The normalized spacial score (nSPS) is 12.6. The molecule has 0 saturated heterocycles. The van der Waals surface area contributed by atoms with E-state index in [-0.39, 0.29) is 5.01 Å². The summed E-state index contributed by atoms with van der Waals surface area (Å²) in [6.45, 7) is 2.04. The van der Waals surface area contributed by atoms with E-state index in [1.54, 1.807) is 0 Å². The van der Waals surface area contributed by atoms with E-state index in [2.05, 4.69) is 15.9 Å². The van der Waals surface area contributed by atoms with Crippen LogP contribution in [0.5, 0.6) is 5.75 Å². The number of hydrogen-bond donors (Lipinski definition) is 0. The summed E-state index contributed by atoms with van der Waals surface area (Å²) >= 11 is 9.25. The van der Waals surface area contributed by atoms with Gasteiger partial charge in [0.05, 0.1) is 5.02 Å². The Kier molecular flexibility index (Phi) is 3.89. The van der Waals surface area contributed by atoms with Gasteiger partial charge in [-0.2, -0.15) is 0 Å². The summed E-state index contributed by atoms with van der Waals surface area (Å²) in [7, 11) is 0. The van der Waals surface area contributed by atoms with E-state index in [4.69, 9.17) is 16.3 Å². The van der Waals surface area contributed by atoms with Crippen molar-refractivity contribution in [3.63, 3.8) is 0 Å². The van der Waals surface area contributed by atoms with E-state index >= 15 is 0 Å². The highest BCUT2D eigenvalue weighted by Gasteiger charge is 2.04. The minimum absolute atomic E-state index is 0.0393.